The maximum Gasteiger partial charge on any atom is 0.407 e. The van der Waals surface area contributed by atoms with Gasteiger partial charge in [0.1, 0.15) is 12.6 Å². The molecule has 3 atom stereocenters. The van der Waals surface area contributed by atoms with Gasteiger partial charge in [0.15, 0.2) is 5.60 Å². The summed E-state index contributed by atoms with van der Waals surface area (Å²) in [6.45, 7) is 3.55. The fraction of sp³-hybridized carbons (Fsp3) is 0.344. The second-order valence-corrected chi connectivity index (χ2v) is 10.6. The van der Waals surface area contributed by atoms with Crippen molar-refractivity contribution in [2.75, 3.05) is 26.3 Å². The summed E-state index contributed by atoms with van der Waals surface area (Å²) in [5, 5.41) is 12.3. The van der Waals surface area contributed by atoms with Crippen LogP contribution in [0.4, 0.5) is 4.79 Å². The number of carbonyl (C=O) groups excluding carboxylic acids is 2. The van der Waals surface area contributed by atoms with E-state index in [1.54, 1.807) is 6.92 Å². The number of hydrogen-bond acceptors (Lipinski definition) is 6. The van der Waals surface area contributed by atoms with E-state index in [1.807, 2.05) is 66.7 Å². The topological polar surface area (TPSA) is 114 Å². The summed E-state index contributed by atoms with van der Waals surface area (Å²) in [6.07, 6.45) is -1.49. The van der Waals surface area contributed by atoms with Crippen molar-refractivity contribution in [1.29, 1.82) is 0 Å². The summed E-state index contributed by atoms with van der Waals surface area (Å²) < 4.78 is 17.2. The van der Waals surface area contributed by atoms with E-state index in [1.165, 1.54) is 11.8 Å². The van der Waals surface area contributed by atoms with Crippen molar-refractivity contribution in [2.24, 2.45) is 0 Å². The Morgan fingerprint density at radius 2 is 1.61 bits per heavy atom. The molecule has 0 bridgehead atoms. The first-order valence-corrected chi connectivity index (χ1v) is 13.7. The molecule has 1 heterocycles. The average molecular weight is 559 g/mol. The Balaban J connectivity index is 1.30. The fourth-order valence-electron chi connectivity index (χ4n) is 5.43. The monoisotopic (exact) mass is 558 g/mol. The summed E-state index contributed by atoms with van der Waals surface area (Å²) in [7, 11) is 0. The smallest absolute Gasteiger partial charge is 0.407 e. The standard InChI is InChI=1S/C32H34N2O7/c1-21(39-18-22-10-4-3-5-11-22)28(29(35)34-16-17-41-32(2,20-34)30(36)37)33-31(38)40-19-27-25-14-8-6-12-23(25)24-13-7-9-15-26(24)27/h3-15,21,27-28H,16-20H2,1-2H3,(H,33,38)(H,36,37)/t21-,28+,32?/m0/s1. The van der Waals surface area contributed by atoms with Gasteiger partial charge in [-0.1, -0.05) is 78.9 Å². The van der Waals surface area contributed by atoms with Gasteiger partial charge in [-0.2, -0.15) is 0 Å². The molecule has 1 unspecified atom stereocenters. The van der Waals surface area contributed by atoms with Crippen LogP contribution in [0, 0.1) is 0 Å². The molecule has 5 rings (SSSR count). The van der Waals surface area contributed by atoms with E-state index in [0.717, 1.165) is 27.8 Å². The lowest BCUT2D eigenvalue weighted by molar-refractivity contribution is -0.178. The molecule has 0 spiro atoms. The predicted octanol–water partition coefficient (Wildman–Crippen LogP) is 4.20. The lowest BCUT2D eigenvalue weighted by Crippen LogP contribution is -2.61. The highest BCUT2D eigenvalue weighted by atomic mass is 16.6. The highest BCUT2D eigenvalue weighted by molar-refractivity contribution is 5.87. The van der Waals surface area contributed by atoms with Gasteiger partial charge >= 0.3 is 12.1 Å². The molecular formula is C32H34N2O7. The second-order valence-electron chi connectivity index (χ2n) is 10.6. The zero-order valence-electron chi connectivity index (χ0n) is 23.1. The third kappa shape index (κ3) is 6.11. The normalized spacial score (nSPS) is 19.5. The fourth-order valence-corrected chi connectivity index (χ4v) is 5.43. The third-order valence-corrected chi connectivity index (χ3v) is 7.75. The molecule has 0 saturated carbocycles. The summed E-state index contributed by atoms with van der Waals surface area (Å²) in [6, 6.07) is 24.5. The number of carboxylic acids is 1. The molecule has 1 fully saturated rings. The average Bonchev–Trinajstić information content (AvgIpc) is 3.31. The maximum atomic E-state index is 13.7. The molecular weight excluding hydrogens is 524 g/mol. The van der Waals surface area contributed by atoms with Gasteiger partial charge in [-0.25, -0.2) is 9.59 Å². The molecule has 1 aliphatic carbocycles. The van der Waals surface area contributed by atoms with Crippen LogP contribution in [0.25, 0.3) is 11.1 Å². The number of amides is 2. The number of carboxylic acid groups (broad SMARTS) is 1. The van der Waals surface area contributed by atoms with Gasteiger partial charge in [0.2, 0.25) is 5.91 Å². The Bertz CT molecular complexity index is 1370. The first-order chi connectivity index (χ1) is 19.8. The molecule has 2 N–H and O–H groups in total. The molecule has 2 amide bonds. The van der Waals surface area contributed by atoms with E-state index >= 15 is 0 Å². The zero-order chi connectivity index (χ0) is 29.0. The van der Waals surface area contributed by atoms with Crippen molar-refractivity contribution in [3.63, 3.8) is 0 Å². The number of morpholine rings is 1. The molecule has 1 aliphatic heterocycles. The van der Waals surface area contributed by atoms with Crippen LogP contribution in [0.2, 0.25) is 0 Å². The van der Waals surface area contributed by atoms with Crippen molar-refractivity contribution in [3.8, 4) is 11.1 Å². The van der Waals surface area contributed by atoms with Crippen LogP contribution in [0.15, 0.2) is 78.9 Å². The van der Waals surface area contributed by atoms with Gasteiger partial charge in [0.05, 0.1) is 25.9 Å². The van der Waals surface area contributed by atoms with E-state index in [2.05, 4.69) is 17.4 Å². The summed E-state index contributed by atoms with van der Waals surface area (Å²) >= 11 is 0. The van der Waals surface area contributed by atoms with E-state index in [-0.39, 0.29) is 38.8 Å². The van der Waals surface area contributed by atoms with Crippen LogP contribution < -0.4 is 5.32 Å². The summed E-state index contributed by atoms with van der Waals surface area (Å²) in [5.41, 5.74) is 3.75. The van der Waals surface area contributed by atoms with Crippen LogP contribution in [0.1, 0.15) is 36.5 Å². The number of fused-ring (bicyclic) bond motifs is 3. The van der Waals surface area contributed by atoms with Gasteiger partial charge in [0.25, 0.3) is 0 Å². The van der Waals surface area contributed by atoms with Gasteiger partial charge in [-0.3, -0.25) is 4.79 Å². The van der Waals surface area contributed by atoms with Crippen LogP contribution in [-0.2, 0) is 30.4 Å². The summed E-state index contributed by atoms with van der Waals surface area (Å²) in [5.74, 6) is -1.76. The Hall–Kier alpha value is -4.21. The second kappa shape index (κ2) is 12.1. The number of ether oxygens (including phenoxy) is 3. The molecule has 9 nitrogen and oxygen atoms in total. The first-order valence-electron chi connectivity index (χ1n) is 13.7. The van der Waals surface area contributed by atoms with E-state index in [0.29, 0.717) is 0 Å². The van der Waals surface area contributed by atoms with Crippen LogP contribution in [0.5, 0.6) is 0 Å². The molecule has 0 aromatic heterocycles. The molecule has 0 radical (unpaired) electrons. The highest BCUT2D eigenvalue weighted by Gasteiger charge is 2.43. The molecule has 2 aliphatic rings. The van der Waals surface area contributed by atoms with Gasteiger partial charge in [-0.05, 0) is 41.7 Å². The van der Waals surface area contributed by atoms with Gasteiger partial charge in [-0.15, -0.1) is 0 Å². The minimum absolute atomic E-state index is 0.0610. The minimum Gasteiger partial charge on any atom is -0.479 e. The number of carbonyl (C=O) groups is 3. The molecule has 1 saturated heterocycles. The van der Waals surface area contributed by atoms with Crippen molar-refractivity contribution in [1.82, 2.24) is 10.2 Å². The zero-order valence-corrected chi connectivity index (χ0v) is 23.1. The maximum absolute atomic E-state index is 13.7. The number of alkyl carbamates (subject to hydrolysis) is 1. The van der Waals surface area contributed by atoms with Crippen LogP contribution in [0.3, 0.4) is 0 Å². The number of nitrogens with one attached hydrogen (secondary N) is 1. The minimum atomic E-state index is -1.55. The van der Waals surface area contributed by atoms with Crippen molar-refractivity contribution in [3.05, 3.63) is 95.6 Å². The molecule has 9 heteroatoms. The molecule has 3 aromatic rings. The molecule has 3 aromatic carbocycles. The Kier molecular flexibility index (Phi) is 8.37. The van der Waals surface area contributed by atoms with Crippen molar-refractivity contribution in [2.45, 2.75) is 44.1 Å². The number of rotatable bonds is 9. The quantitative estimate of drug-likeness (QED) is 0.405. The van der Waals surface area contributed by atoms with Crippen LogP contribution in [-0.4, -0.2) is 72.0 Å². The van der Waals surface area contributed by atoms with Gasteiger partial charge < -0.3 is 29.5 Å². The van der Waals surface area contributed by atoms with Gasteiger partial charge in [0, 0.05) is 12.5 Å². The number of aliphatic carboxylic acids is 1. The SMILES string of the molecule is C[C@H](OCc1ccccc1)[C@@H](NC(=O)OCC1c2ccccc2-c2ccccc21)C(=O)N1CCOC(C)(C(=O)O)C1. The van der Waals surface area contributed by atoms with Crippen molar-refractivity contribution >= 4 is 18.0 Å². The number of nitrogens with zero attached hydrogens (tertiary/aromatic N) is 1. The highest BCUT2D eigenvalue weighted by Crippen LogP contribution is 2.44. The first kappa shape index (κ1) is 28.3. The lowest BCUT2D eigenvalue weighted by atomic mass is 9.98. The van der Waals surface area contributed by atoms with E-state index < -0.39 is 35.7 Å². The third-order valence-electron chi connectivity index (χ3n) is 7.75. The Morgan fingerprint density at radius 1 is 1.00 bits per heavy atom. The number of hydrogen-bond donors (Lipinski definition) is 2. The van der Waals surface area contributed by atoms with Crippen molar-refractivity contribution < 1.29 is 33.7 Å². The van der Waals surface area contributed by atoms with E-state index in [9.17, 15) is 19.5 Å². The lowest BCUT2D eigenvalue weighted by Gasteiger charge is -2.39. The molecule has 214 valence electrons. The van der Waals surface area contributed by atoms with E-state index in [4.69, 9.17) is 14.2 Å². The molecule has 41 heavy (non-hydrogen) atoms. The summed E-state index contributed by atoms with van der Waals surface area (Å²) in [4.78, 5) is 40.1. The predicted molar refractivity (Wildman–Crippen MR) is 151 cm³/mol. The largest absolute Gasteiger partial charge is 0.479 e. The Morgan fingerprint density at radius 3 is 2.24 bits per heavy atom. The van der Waals surface area contributed by atoms with Crippen LogP contribution >= 0.6 is 0 Å². The Labute approximate surface area is 239 Å². The number of benzene rings is 3.